The van der Waals surface area contributed by atoms with Gasteiger partial charge in [-0.05, 0) is 38.1 Å². The van der Waals surface area contributed by atoms with E-state index < -0.39 is 6.04 Å². The fourth-order valence-electron chi connectivity index (χ4n) is 2.28. The summed E-state index contributed by atoms with van der Waals surface area (Å²) in [7, 11) is 1.57. The van der Waals surface area contributed by atoms with Crippen molar-refractivity contribution in [3.05, 3.63) is 48.0 Å². The molecule has 0 spiro atoms. The number of ether oxygens (including phenoxy) is 2. The molecular weight excluding hydrogens is 318 g/mol. The molecule has 0 aliphatic heterocycles. The van der Waals surface area contributed by atoms with E-state index in [9.17, 15) is 4.79 Å². The van der Waals surface area contributed by atoms with E-state index in [1.54, 1.807) is 50.4 Å². The molecule has 0 saturated heterocycles. The quantitative estimate of drug-likeness (QED) is 0.808. The molecule has 2 N–H and O–H groups in total. The van der Waals surface area contributed by atoms with Crippen LogP contribution in [0.15, 0.2) is 42.5 Å². The minimum atomic E-state index is -0.505. The molecule has 130 valence electrons. The molecule has 0 aromatic heterocycles. The zero-order chi connectivity index (χ0) is 18.2. The van der Waals surface area contributed by atoms with Crippen LogP contribution in [0.5, 0.6) is 11.5 Å². The van der Waals surface area contributed by atoms with Gasteiger partial charge in [0, 0.05) is 11.8 Å². The predicted octanol–water partition coefficient (Wildman–Crippen LogP) is 3.40. The second kappa shape index (κ2) is 8.60. The van der Waals surface area contributed by atoms with Gasteiger partial charge in [-0.1, -0.05) is 12.1 Å². The highest BCUT2D eigenvalue weighted by Gasteiger charge is 2.15. The van der Waals surface area contributed by atoms with Crippen LogP contribution in [0.4, 0.5) is 11.4 Å². The van der Waals surface area contributed by atoms with E-state index in [4.69, 9.17) is 14.7 Å². The Morgan fingerprint density at radius 3 is 2.68 bits per heavy atom. The lowest BCUT2D eigenvalue weighted by molar-refractivity contribution is -0.116. The number of nitrogens with one attached hydrogen (secondary N) is 2. The molecule has 0 heterocycles. The summed E-state index contributed by atoms with van der Waals surface area (Å²) in [6, 6.07) is 13.8. The van der Waals surface area contributed by atoms with E-state index in [0.29, 0.717) is 29.4 Å². The van der Waals surface area contributed by atoms with Gasteiger partial charge in [0.25, 0.3) is 0 Å². The largest absolute Gasteiger partial charge is 0.493 e. The molecule has 0 radical (unpaired) electrons. The van der Waals surface area contributed by atoms with Gasteiger partial charge < -0.3 is 20.1 Å². The second-order valence-corrected chi connectivity index (χ2v) is 5.31. The lowest BCUT2D eigenvalue weighted by Crippen LogP contribution is -2.32. The van der Waals surface area contributed by atoms with E-state index in [0.717, 1.165) is 5.69 Å². The van der Waals surface area contributed by atoms with Crippen molar-refractivity contribution in [2.24, 2.45) is 0 Å². The number of carbonyl (C=O) groups excluding carboxylic acids is 1. The summed E-state index contributed by atoms with van der Waals surface area (Å²) in [6.07, 6.45) is 0. The summed E-state index contributed by atoms with van der Waals surface area (Å²) >= 11 is 0. The van der Waals surface area contributed by atoms with Crippen molar-refractivity contribution in [1.82, 2.24) is 0 Å². The van der Waals surface area contributed by atoms with Gasteiger partial charge >= 0.3 is 0 Å². The van der Waals surface area contributed by atoms with Gasteiger partial charge in [-0.25, -0.2) is 0 Å². The summed E-state index contributed by atoms with van der Waals surface area (Å²) < 4.78 is 10.8. The number of anilines is 2. The van der Waals surface area contributed by atoms with Crippen molar-refractivity contribution in [2.75, 3.05) is 24.4 Å². The van der Waals surface area contributed by atoms with Crippen LogP contribution in [0.2, 0.25) is 0 Å². The molecular formula is C19H21N3O3. The van der Waals surface area contributed by atoms with Gasteiger partial charge in [-0.3, -0.25) is 4.79 Å². The lowest BCUT2D eigenvalue weighted by Gasteiger charge is -2.17. The van der Waals surface area contributed by atoms with Crippen LogP contribution in [0.3, 0.4) is 0 Å². The third kappa shape index (κ3) is 4.64. The smallest absolute Gasteiger partial charge is 0.246 e. The SMILES string of the molecule is CCOc1ccc(N[C@@H](C)C(=O)Nc2ccccc2C#N)cc1OC. The Kier molecular flexibility index (Phi) is 6.24. The first-order valence-electron chi connectivity index (χ1n) is 7.96. The molecule has 2 aromatic rings. The molecule has 0 bridgehead atoms. The zero-order valence-electron chi connectivity index (χ0n) is 14.5. The number of rotatable bonds is 7. The van der Waals surface area contributed by atoms with Crippen LogP contribution in [0.25, 0.3) is 0 Å². The van der Waals surface area contributed by atoms with Crippen molar-refractivity contribution < 1.29 is 14.3 Å². The number of nitriles is 1. The molecule has 0 unspecified atom stereocenters. The second-order valence-electron chi connectivity index (χ2n) is 5.31. The Bertz CT molecular complexity index is 784. The fraction of sp³-hybridized carbons (Fsp3) is 0.263. The topological polar surface area (TPSA) is 83.4 Å². The predicted molar refractivity (Wildman–Crippen MR) is 97.0 cm³/mol. The minimum absolute atomic E-state index is 0.240. The van der Waals surface area contributed by atoms with Crippen LogP contribution in [0.1, 0.15) is 19.4 Å². The summed E-state index contributed by atoms with van der Waals surface area (Å²) in [6.45, 7) is 4.19. The highest BCUT2D eigenvalue weighted by molar-refractivity contribution is 5.97. The molecule has 2 rings (SSSR count). The van der Waals surface area contributed by atoms with Gasteiger partial charge in [0.05, 0.1) is 25.0 Å². The highest BCUT2D eigenvalue weighted by atomic mass is 16.5. The molecule has 0 fully saturated rings. The molecule has 6 heteroatoms. The fourth-order valence-corrected chi connectivity index (χ4v) is 2.28. The van der Waals surface area contributed by atoms with Gasteiger partial charge in [0.1, 0.15) is 12.1 Å². The van der Waals surface area contributed by atoms with E-state index >= 15 is 0 Å². The van der Waals surface area contributed by atoms with E-state index in [1.807, 2.05) is 13.0 Å². The number of hydrogen-bond donors (Lipinski definition) is 2. The summed E-state index contributed by atoms with van der Waals surface area (Å²) in [4.78, 5) is 12.4. The number of benzene rings is 2. The molecule has 25 heavy (non-hydrogen) atoms. The maximum atomic E-state index is 12.4. The van der Waals surface area contributed by atoms with Crippen molar-refractivity contribution in [2.45, 2.75) is 19.9 Å². The summed E-state index contributed by atoms with van der Waals surface area (Å²) in [5.41, 5.74) is 1.65. The average molecular weight is 339 g/mol. The first-order chi connectivity index (χ1) is 12.1. The highest BCUT2D eigenvalue weighted by Crippen LogP contribution is 2.30. The Morgan fingerprint density at radius 1 is 1.24 bits per heavy atom. The number of nitrogens with zero attached hydrogens (tertiary/aromatic N) is 1. The molecule has 1 amide bonds. The molecule has 0 aliphatic carbocycles. The maximum Gasteiger partial charge on any atom is 0.246 e. The maximum absolute atomic E-state index is 12.4. The average Bonchev–Trinajstić information content (AvgIpc) is 2.63. The zero-order valence-corrected chi connectivity index (χ0v) is 14.5. The normalized spacial score (nSPS) is 11.1. The number of methoxy groups -OCH3 is 1. The Balaban J connectivity index is 2.07. The Labute approximate surface area is 147 Å². The van der Waals surface area contributed by atoms with Crippen LogP contribution < -0.4 is 20.1 Å². The van der Waals surface area contributed by atoms with Gasteiger partial charge in [0.15, 0.2) is 11.5 Å². The Morgan fingerprint density at radius 2 is 2.00 bits per heavy atom. The third-order valence-electron chi connectivity index (χ3n) is 3.55. The van der Waals surface area contributed by atoms with Crippen molar-refractivity contribution in [3.63, 3.8) is 0 Å². The number of hydrogen-bond acceptors (Lipinski definition) is 5. The van der Waals surface area contributed by atoms with Crippen LogP contribution in [0, 0.1) is 11.3 Å². The van der Waals surface area contributed by atoms with Gasteiger partial charge in [-0.2, -0.15) is 5.26 Å². The van der Waals surface area contributed by atoms with Gasteiger partial charge in [-0.15, -0.1) is 0 Å². The van der Waals surface area contributed by atoms with E-state index in [-0.39, 0.29) is 5.91 Å². The van der Waals surface area contributed by atoms with Crippen LogP contribution in [-0.2, 0) is 4.79 Å². The lowest BCUT2D eigenvalue weighted by atomic mass is 10.2. The monoisotopic (exact) mass is 339 g/mol. The molecule has 2 aromatic carbocycles. The molecule has 0 aliphatic rings. The first kappa shape index (κ1) is 18.1. The van der Waals surface area contributed by atoms with Crippen LogP contribution >= 0.6 is 0 Å². The number of amides is 1. The number of carbonyl (C=O) groups is 1. The van der Waals surface area contributed by atoms with Crippen molar-refractivity contribution >= 4 is 17.3 Å². The summed E-state index contributed by atoms with van der Waals surface area (Å²) in [5, 5.41) is 15.0. The minimum Gasteiger partial charge on any atom is -0.493 e. The Hall–Kier alpha value is -3.20. The third-order valence-corrected chi connectivity index (χ3v) is 3.55. The number of para-hydroxylation sites is 1. The molecule has 1 atom stereocenters. The van der Waals surface area contributed by atoms with Crippen molar-refractivity contribution in [3.8, 4) is 17.6 Å². The summed E-state index contributed by atoms with van der Waals surface area (Å²) in [5.74, 6) is 1.00. The van der Waals surface area contributed by atoms with Crippen LogP contribution in [-0.4, -0.2) is 25.7 Å². The molecule has 6 nitrogen and oxygen atoms in total. The van der Waals surface area contributed by atoms with E-state index in [2.05, 4.69) is 16.7 Å². The van der Waals surface area contributed by atoms with Gasteiger partial charge in [0.2, 0.25) is 5.91 Å². The first-order valence-corrected chi connectivity index (χ1v) is 7.96. The van der Waals surface area contributed by atoms with Crippen molar-refractivity contribution in [1.29, 1.82) is 5.26 Å². The van der Waals surface area contributed by atoms with E-state index in [1.165, 1.54) is 0 Å². The standard InChI is InChI=1S/C19H21N3O3/c1-4-25-17-10-9-15(11-18(17)24-3)21-13(2)19(23)22-16-8-6-5-7-14(16)12-20/h5-11,13,21H,4H2,1-3H3,(H,22,23)/t13-/m0/s1. The molecule has 0 saturated carbocycles.